The van der Waals surface area contributed by atoms with Gasteiger partial charge < -0.3 is 15.0 Å². The fraction of sp³-hybridized carbons (Fsp3) is 0.370. The van der Waals surface area contributed by atoms with Gasteiger partial charge in [-0.25, -0.2) is 9.48 Å². The molecule has 2 heterocycles. The van der Waals surface area contributed by atoms with Crippen molar-refractivity contribution in [2.45, 2.75) is 19.9 Å². The van der Waals surface area contributed by atoms with E-state index in [-0.39, 0.29) is 17.9 Å². The van der Waals surface area contributed by atoms with Crippen LogP contribution >= 0.6 is 0 Å². The summed E-state index contributed by atoms with van der Waals surface area (Å²) in [5.74, 6) is -0.511. The molecule has 1 saturated heterocycles. The van der Waals surface area contributed by atoms with Crippen molar-refractivity contribution in [3.8, 4) is 5.69 Å². The second kappa shape index (κ2) is 11.3. The second-order valence-electron chi connectivity index (χ2n) is 8.86. The fourth-order valence-corrected chi connectivity index (χ4v) is 4.28. The molecule has 184 valence electrons. The molecule has 35 heavy (non-hydrogen) atoms. The van der Waals surface area contributed by atoms with E-state index in [0.717, 1.165) is 44.0 Å². The third kappa shape index (κ3) is 5.96. The van der Waals surface area contributed by atoms with Crippen LogP contribution < -0.4 is 5.32 Å². The smallest absolute Gasteiger partial charge is 0.341 e. The van der Waals surface area contributed by atoms with Crippen LogP contribution in [0.3, 0.4) is 0 Å². The van der Waals surface area contributed by atoms with Crippen molar-refractivity contribution in [3.05, 3.63) is 83.2 Å². The Balaban J connectivity index is 1.47. The molecular weight excluding hydrogens is 442 g/mol. The third-order valence-corrected chi connectivity index (χ3v) is 6.42. The number of carbonyl (C=O) groups is 2. The van der Waals surface area contributed by atoms with Crippen LogP contribution in [-0.2, 0) is 4.74 Å². The molecule has 1 aromatic heterocycles. The maximum absolute atomic E-state index is 13.2. The molecular formula is C27H33N5O3. The Labute approximate surface area is 206 Å². The first-order valence-electron chi connectivity index (χ1n) is 12.0. The number of rotatable bonds is 8. The topological polar surface area (TPSA) is 79.7 Å². The Kier molecular flexibility index (Phi) is 7.94. The lowest BCUT2D eigenvalue weighted by atomic mass is 10.0. The number of nitrogens with one attached hydrogen (secondary N) is 1. The summed E-state index contributed by atoms with van der Waals surface area (Å²) in [5, 5.41) is 7.56. The van der Waals surface area contributed by atoms with Gasteiger partial charge in [-0.05, 0) is 50.7 Å². The average Bonchev–Trinajstić information content (AvgIpc) is 3.27. The van der Waals surface area contributed by atoms with Crippen molar-refractivity contribution >= 4 is 11.9 Å². The highest BCUT2D eigenvalue weighted by atomic mass is 16.5. The zero-order chi connectivity index (χ0) is 24.8. The molecule has 4 rings (SSSR count). The van der Waals surface area contributed by atoms with Gasteiger partial charge in [0.2, 0.25) is 0 Å². The summed E-state index contributed by atoms with van der Waals surface area (Å²) >= 11 is 0. The van der Waals surface area contributed by atoms with E-state index in [9.17, 15) is 9.59 Å². The minimum atomic E-state index is -0.389. The zero-order valence-corrected chi connectivity index (χ0v) is 20.6. The zero-order valence-electron chi connectivity index (χ0n) is 20.6. The average molecular weight is 476 g/mol. The lowest BCUT2D eigenvalue weighted by molar-refractivity contribution is 0.0525. The van der Waals surface area contributed by atoms with Gasteiger partial charge in [-0.1, -0.05) is 30.3 Å². The molecule has 2 aromatic carbocycles. The second-order valence-corrected chi connectivity index (χ2v) is 8.86. The minimum Gasteiger partial charge on any atom is -0.462 e. The highest BCUT2D eigenvalue weighted by Gasteiger charge is 2.22. The Morgan fingerprint density at radius 2 is 1.71 bits per heavy atom. The van der Waals surface area contributed by atoms with Crippen LogP contribution in [0.2, 0.25) is 0 Å². The summed E-state index contributed by atoms with van der Waals surface area (Å²) in [4.78, 5) is 30.0. The molecule has 1 fully saturated rings. The largest absolute Gasteiger partial charge is 0.462 e. The van der Waals surface area contributed by atoms with Crippen LogP contribution in [0.5, 0.6) is 0 Å². The highest BCUT2D eigenvalue weighted by molar-refractivity contribution is 5.94. The molecule has 8 heteroatoms. The summed E-state index contributed by atoms with van der Waals surface area (Å²) in [7, 11) is 2.14. The van der Waals surface area contributed by atoms with Crippen molar-refractivity contribution < 1.29 is 14.3 Å². The Hall–Kier alpha value is -3.49. The number of amides is 1. The summed E-state index contributed by atoms with van der Waals surface area (Å²) in [6, 6.07) is 17.3. The van der Waals surface area contributed by atoms with Crippen LogP contribution in [0, 0.1) is 6.92 Å². The van der Waals surface area contributed by atoms with Gasteiger partial charge in [-0.15, -0.1) is 0 Å². The van der Waals surface area contributed by atoms with E-state index >= 15 is 0 Å². The van der Waals surface area contributed by atoms with Crippen LogP contribution in [0.4, 0.5) is 0 Å². The van der Waals surface area contributed by atoms with Crippen molar-refractivity contribution in [2.24, 2.45) is 0 Å². The SMILES string of the molecule is CCOC(=O)c1cnn(-c2ccc(C(=O)NC(CN3CCN(C)CC3)c3ccccc3)cc2)c1C. The maximum Gasteiger partial charge on any atom is 0.341 e. The molecule has 1 atom stereocenters. The van der Waals surface area contributed by atoms with Crippen LogP contribution in [0.15, 0.2) is 60.8 Å². The van der Waals surface area contributed by atoms with E-state index in [0.29, 0.717) is 23.4 Å². The molecule has 0 radical (unpaired) electrons. The van der Waals surface area contributed by atoms with Crippen LogP contribution in [0.25, 0.3) is 5.69 Å². The van der Waals surface area contributed by atoms with Gasteiger partial charge in [-0.3, -0.25) is 9.69 Å². The van der Waals surface area contributed by atoms with Crippen LogP contribution in [-0.4, -0.2) is 77.8 Å². The fourth-order valence-electron chi connectivity index (χ4n) is 4.28. The number of hydrogen-bond acceptors (Lipinski definition) is 6. The van der Waals surface area contributed by atoms with Gasteiger partial charge in [0.1, 0.15) is 5.56 Å². The molecule has 1 amide bonds. The summed E-state index contributed by atoms with van der Waals surface area (Å²) in [6.07, 6.45) is 1.51. The Bertz CT molecular complexity index is 1140. The van der Waals surface area contributed by atoms with Gasteiger partial charge in [0.05, 0.1) is 30.2 Å². The summed E-state index contributed by atoms with van der Waals surface area (Å²) in [6.45, 7) is 8.71. The maximum atomic E-state index is 13.2. The number of aromatic nitrogens is 2. The van der Waals surface area contributed by atoms with Crippen molar-refractivity contribution in [2.75, 3.05) is 46.4 Å². The van der Waals surface area contributed by atoms with E-state index < -0.39 is 0 Å². The van der Waals surface area contributed by atoms with Gasteiger partial charge in [0.25, 0.3) is 5.91 Å². The van der Waals surface area contributed by atoms with Crippen molar-refractivity contribution in [1.29, 1.82) is 0 Å². The molecule has 1 aliphatic rings. The van der Waals surface area contributed by atoms with E-state index in [4.69, 9.17) is 4.74 Å². The predicted molar refractivity (Wildman–Crippen MR) is 135 cm³/mol. The lowest BCUT2D eigenvalue weighted by Crippen LogP contribution is -2.47. The molecule has 1 aliphatic heterocycles. The summed E-state index contributed by atoms with van der Waals surface area (Å²) < 4.78 is 6.77. The first-order chi connectivity index (χ1) is 17.0. The molecule has 0 bridgehead atoms. The standard InChI is InChI=1S/C27H33N5O3/c1-4-35-27(34)24-18-28-32(20(24)2)23-12-10-22(11-13-23)26(33)29-25(21-8-6-5-7-9-21)19-31-16-14-30(3)15-17-31/h5-13,18,25H,4,14-17,19H2,1-3H3,(H,29,33). The van der Waals surface area contributed by atoms with Crippen molar-refractivity contribution in [3.63, 3.8) is 0 Å². The molecule has 1 N–H and O–H groups in total. The third-order valence-electron chi connectivity index (χ3n) is 6.42. The number of nitrogens with zero attached hydrogens (tertiary/aromatic N) is 4. The Morgan fingerprint density at radius 3 is 2.37 bits per heavy atom. The van der Waals surface area contributed by atoms with E-state index in [1.54, 1.807) is 23.7 Å². The number of carbonyl (C=O) groups excluding carboxylic acids is 2. The number of likely N-dealkylation sites (N-methyl/N-ethyl adjacent to an activating group) is 1. The number of piperazine rings is 1. The first-order valence-corrected chi connectivity index (χ1v) is 12.0. The first kappa shape index (κ1) is 24.6. The number of benzene rings is 2. The lowest BCUT2D eigenvalue weighted by Gasteiger charge is -2.35. The summed E-state index contributed by atoms with van der Waals surface area (Å²) in [5.41, 5.74) is 3.56. The van der Waals surface area contributed by atoms with Crippen molar-refractivity contribution in [1.82, 2.24) is 24.9 Å². The number of esters is 1. The van der Waals surface area contributed by atoms with Crippen LogP contribution in [0.1, 0.15) is 44.9 Å². The van der Waals surface area contributed by atoms with E-state index in [1.165, 1.54) is 6.20 Å². The van der Waals surface area contributed by atoms with Gasteiger partial charge in [0.15, 0.2) is 0 Å². The number of ether oxygens (including phenoxy) is 1. The minimum absolute atomic E-state index is 0.104. The predicted octanol–water partition coefficient (Wildman–Crippen LogP) is 3.08. The normalized spacial score (nSPS) is 15.5. The van der Waals surface area contributed by atoms with Gasteiger partial charge in [0, 0.05) is 38.3 Å². The number of hydrogen-bond donors (Lipinski definition) is 1. The van der Waals surface area contributed by atoms with Gasteiger partial charge in [-0.2, -0.15) is 5.10 Å². The Morgan fingerprint density at radius 1 is 1.03 bits per heavy atom. The molecule has 0 spiro atoms. The molecule has 3 aromatic rings. The van der Waals surface area contributed by atoms with E-state index in [1.807, 2.05) is 37.3 Å². The van der Waals surface area contributed by atoms with E-state index in [2.05, 4.69) is 39.4 Å². The molecule has 0 saturated carbocycles. The molecule has 8 nitrogen and oxygen atoms in total. The highest BCUT2D eigenvalue weighted by Crippen LogP contribution is 2.19. The quantitative estimate of drug-likeness (QED) is 0.505. The monoisotopic (exact) mass is 475 g/mol. The molecule has 0 aliphatic carbocycles. The molecule has 1 unspecified atom stereocenters. The van der Waals surface area contributed by atoms with Gasteiger partial charge >= 0.3 is 5.97 Å².